The second kappa shape index (κ2) is 3.29. The maximum atomic E-state index is 9.29. The summed E-state index contributed by atoms with van der Waals surface area (Å²) in [5.74, 6) is 1.23. The van der Waals surface area contributed by atoms with Gasteiger partial charge in [0.05, 0.1) is 0 Å². The van der Waals surface area contributed by atoms with Crippen LogP contribution in [-0.2, 0) is 0 Å². The SMILES string of the molecule is CN(CC1CC1)c1cccc(O)c1. The third-order valence-corrected chi connectivity index (χ3v) is 2.50. The predicted octanol–water partition coefficient (Wildman–Crippen LogP) is 2.24. The molecule has 0 atom stereocenters. The molecule has 0 aliphatic heterocycles. The van der Waals surface area contributed by atoms with Gasteiger partial charge in [0.25, 0.3) is 0 Å². The van der Waals surface area contributed by atoms with Gasteiger partial charge in [-0.2, -0.15) is 0 Å². The topological polar surface area (TPSA) is 23.5 Å². The predicted molar refractivity (Wildman–Crippen MR) is 54.1 cm³/mol. The van der Waals surface area contributed by atoms with Gasteiger partial charge in [-0.25, -0.2) is 0 Å². The lowest BCUT2D eigenvalue weighted by atomic mass is 10.2. The molecular formula is C11H15NO. The van der Waals surface area contributed by atoms with Gasteiger partial charge >= 0.3 is 0 Å². The normalized spacial score (nSPS) is 15.8. The Balaban J connectivity index is 2.04. The van der Waals surface area contributed by atoms with E-state index in [1.807, 2.05) is 18.2 Å². The molecule has 2 rings (SSSR count). The second-order valence-electron chi connectivity index (χ2n) is 3.84. The number of hydrogen-bond acceptors (Lipinski definition) is 2. The summed E-state index contributed by atoms with van der Waals surface area (Å²) in [4.78, 5) is 2.21. The van der Waals surface area contributed by atoms with Crippen molar-refractivity contribution < 1.29 is 5.11 Å². The minimum atomic E-state index is 0.347. The van der Waals surface area contributed by atoms with Crippen molar-refractivity contribution in [3.63, 3.8) is 0 Å². The van der Waals surface area contributed by atoms with Crippen LogP contribution in [0.1, 0.15) is 12.8 Å². The van der Waals surface area contributed by atoms with E-state index in [-0.39, 0.29) is 0 Å². The highest BCUT2D eigenvalue weighted by atomic mass is 16.3. The van der Waals surface area contributed by atoms with E-state index in [1.54, 1.807) is 6.07 Å². The van der Waals surface area contributed by atoms with E-state index >= 15 is 0 Å². The molecule has 1 N–H and O–H groups in total. The molecule has 13 heavy (non-hydrogen) atoms. The highest BCUT2D eigenvalue weighted by Crippen LogP contribution is 2.31. The molecule has 1 fully saturated rings. The fourth-order valence-corrected chi connectivity index (χ4v) is 1.52. The van der Waals surface area contributed by atoms with Crippen LogP contribution in [0, 0.1) is 5.92 Å². The van der Waals surface area contributed by atoms with Crippen molar-refractivity contribution in [3.8, 4) is 5.75 Å². The highest BCUT2D eigenvalue weighted by Gasteiger charge is 2.22. The van der Waals surface area contributed by atoms with E-state index in [2.05, 4.69) is 11.9 Å². The van der Waals surface area contributed by atoms with E-state index < -0.39 is 0 Å². The van der Waals surface area contributed by atoms with Gasteiger partial charge in [0.2, 0.25) is 0 Å². The van der Waals surface area contributed by atoms with Crippen LogP contribution in [0.2, 0.25) is 0 Å². The Bertz CT molecular complexity index is 294. The van der Waals surface area contributed by atoms with E-state index in [4.69, 9.17) is 0 Å². The van der Waals surface area contributed by atoms with Crippen LogP contribution in [0.3, 0.4) is 0 Å². The first-order valence-corrected chi connectivity index (χ1v) is 4.76. The summed E-state index contributed by atoms with van der Waals surface area (Å²) in [5.41, 5.74) is 1.10. The molecule has 1 saturated carbocycles. The first-order valence-electron chi connectivity index (χ1n) is 4.76. The third-order valence-electron chi connectivity index (χ3n) is 2.50. The third kappa shape index (κ3) is 2.14. The van der Waals surface area contributed by atoms with Gasteiger partial charge < -0.3 is 10.0 Å². The zero-order valence-electron chi connectivity index (χ0n) is 7.90. The molecule has 0 saturated heterocycles. The minimum Gasteiger partial charge on any atom is -0.508 e. The van der Waals surface area contributed by atoms with E-state index in [9.17, 15) is 5.11 Å². The van der Waals surface area contributed by atoms with Crippen LogP contribution in [0.25, 0.3) is 0 Å². The zero-order valence-corrected chi connectivity index (χ0v) is 7.90. The standard InChI is InChI=1S/C11H15NO/c1-12(8-9-5-6-9)10-3-2-4-11(13)7-10/h2-4,7,9,13H,5-6,8H2,1H3. The molecule has 1 aliphatic carbocycles. The molecule has 0 heterocycles. The number of nitrogens with zero attached hydrogens (tertiary/aromatic N) is 1. The molecule has 0 bridgehead atoms. The van der Waals surface area contributed by atoms with Crippen molar-refractivity contribution in [2.45, 2.75) is 12.8 Å². The summed E-state index contributed by atoms with van der Waals surface area (Å²) in [7, 11) is 2.08. The van der Waals surface area contributed by atoms with E-state index in [0.717, 1.165) is 18.2 Å². The summed E-state index contributed by atoms with van der Waals surface area (Å²) in [6, 6.07) is 7.42. The average Bonchev–Trinajstić information content (AvgIpc) is 2.88. The molecule has 0 spiro atoms. The van der Waals surface area contributed by atoms with Crippen LogP contribution in [-0.4, -0.2) is 18.7 Å². The lowest BCUT2D eigenvalue weighted by molar-refractivity contribution is 0.475. The maximum Gasteiger partial charge on any atom is 0.117 e. The Morgan fingerprint density at radius 2 is 2.23 bits per heavy atom. The van der Waals surface area contributed by atoms with Crippen molar-refractivity contribution in [1.82, 2.24) is 0 Å². The largest absolute Gasteiger partial charge is 0.508 e. The molecule has 0 aromatic heterocycles. The van der Waals surface area contributed by atoms with Crippen LogP contribution in [0.4, 0.5) is 5.69 Å². The molecule has 0 unspecified atom stereocenters. The Morgan fingerprint density at radius 1 is 1.46 bits per heavy atom. The number of aromatic hydroxyl groups is 1. The molecule has 1 aliphatic rings. The molecule has 2 nitrogen and oxygen atoms in total. The molecule has 0 amide bonds. The lowest BCUT2D eigenvalue weighted by Gasteiger charge is -2.18. The van der Waals surface area contributed by atoms with Gasteiger partial charge in [-0.3, -0.25) is 0 Å². The van der Waals surface area contributed by atoms with Gasteiger partial charge in [0.1, 0.15) is 5.75 Å². The minimum absolute atomic E-state index is 0.347. The maximum absolute atomic E-state index is 9.29. The number of hydrogen-bond donors (Lipinski definition) is 1. The Hall–Kier alpha value is -1.18. The van der Waals surface area contributed by atoms with Crippen LogP contribution in [0.15, 0.2) is 24.3 Å². The van der Waals surface area contributed by atoms with E-state index in [0.29, 0.717) is 5.75 Å². The van der Waals surface area contributed by atoms with Gasteiger partial charge in [0, 0.05) is 25.3 Å². The van der Waals surface area contributed by atoms with Gasteiger partial charge in [-0.05, 0) is 30.9 Å². The summed E-state index contributed by atoms with van der Waals surface area (Å²) in [6.45, 7) is 1.11. The summed E-state index contributed by atoms with van der Waals surface area (Å²) < 4.78 is 0. The lowest BCUT2D eigenvalue weighted by Crippen LogP contribution is -2.19. The molecule has 1 aromatic rings. The fraction of sp³-hybridized carbons (Fsp3) is 0.455. The van der Waals surface area contributed by atoms with Crippen molar-refractivity contribution in [3.05, 3.63) is 24.3 Å². The highest BCUT2D eigenvalue weighted by molar-refractivity contribution is 5.49. The molecular weight excluding hydrogens is 162 g/mol. The first-order chi connectivity index (χ1) is 6.25. The zero-order chi connectivity index (χ0) is 9.26. The molecule has 70 valence electrons. The Labute approximate surface area is 78.8 Å². The monoisotopic (exact) mass is 177 g/mol. The quantitative estimate of drug-likeness (QED) is 0.765. The van der Waals surface area contributed by atoms with Gasteiger partial charge in [-0.1, -0.05) is 6.07 Å². The number of benzene rings is 1. The average molecular weight is 177 g/mol. The van der Waals surface area contributed by atoms with Crippen LogP contribution >= 0.6 is 0 Å². The number of anilines is 1. The molecule has 0 radical (unpaired) electrons. The smallest absolute Gasteiger partial charge is 0.117 e. The van der Waals surface area contributed by atoms with Gasteiger partial charge in [-0.15, -0.1) is 0 Å². The second-order valence-corrected chi connectivity index (χ2v) is 3.84. The molecule has 1 aromatic carbocycles. The fourth-order valence-electron chi connectivity index (χ4n) is 1.52. The van der Waals surface area contributed by atoms with Crippen molar-refractivity contribution >= 4 is 5.69 Å². The van der Waals surface area contributed by atoms with Gasteiger partial charge in [0.15, 0.2) is 0 Å². The number of phenolic OH excluding ortho intramolecular Hbond substituents is 1. The molecule has 2 heteroatoms. The Morgan fingerprint density at radius 3 is 2.85 bits per heavy atom. The summed E-state index contributed by atoms with van der Waals surface area (Å²) in [6.07, 6.45) is 2.73. The number of rotatable bonds is 3. The van der Waals surface area contributed by atoms with Crippen molar-refractivity contribution in [2.75, 3.05) is 18.5 Å². The van der Waals surface area contributed by atoms with Crippen molar-refractivity contribution in [1.29, 1.82) is 0 Å². The van der Waals surface area contributed by atoms with Crippen LogP contribution < -0.4 is 4.90 Å². The van der Waals surface area contributed by atoms with E-state index in [1.165, 1.54) is 12.8 Å². The van der Waals surface area contributed by atoms with Crippen LogP contribution in [0.5, 0.6) is 5.75 Å². The summed E-state index contributed by atoms with van der Waals surface area (Å²) >= 11 is 0. The first kappa shape index (κ1) is 8.42. The van der Waals surface area contributed by atoms with Crippen molar-refractivity contribution in [2.24, 2.45) is 5.92 Å². The summed E-state index contributed by atoms with van der Waals surface area (Å²) in [5, 5.41) is 9.29. The number of phenols is 1. The Kier molecular flexibility index (Phi) is 2.13.